The van der Waals surface area contributed by atoms with Gasteiger partial charge in [-0.15, -0.1) is 12.4 Å². The number of nitrogens with one attached hydrogen (secondary N) is 1. The summed E-state index contributed by atoms with van der Waals surface area (Å²) in [6, 6.07) is 4.02. The fourth-order valence-corrected chi connectivity index (χ4v) is 3.25. The Bertz CT molecular complexity index is 568. The Labute approximate surface area is 157 Å². The van der Waals surface area contributed by atoms with Gasteiger partial charge in [0.05, 0.1) is 10.9 Å². The van der Waals surface area contributed by atoms with Crippen molar-refractivity contribution in [1.29, 1.82) is 0 Å². The van der Waals surface area contributed by atoms with Gasteiger partial charge < -0.3 is 5.32 Å². The van der Waals surface area contributed by atoms with Crippen molar-refractivity contribution < 1.29 is 17.6 Å². The molecule has 0 aliphatic carbocycles. The van der Waals surface area contributed by atoms with Crippen LogP contribution < -0.4 is 5.32 Å². The third kappa shape index (κ3) is 5.71. The smallest absolute Gasteiger partial charge is 0.311 e. The highest BCUT2D eigenvalue weighted by atomic mass is 35.5. The van der Waals surface area contributed by atoms with E-state index in [1.807, 2.05) is 18.7 Å². The van der Waals surface area contributed by atoms with E-state index in [9.17, 15) is 17.6 Å². The molecule has 8 heteroatoms. The van der Waals surface area contributed by atoms with Crippen LogP contribution in [0.2, 0.25) is 5.02 Å². The fourth-order valence-electron chi connectivity index (χ4n) is 3.14. The molecule has 0 saturated carbocycles. The molecule has 0 spiro atoms. The van der Waals surface area contributed by atoms with E-state index in [0.29, 0.717) is 18.7 Å². The van der Waals surface area contributed by atoms with E-state index >= 15 is 0 Å². The standard InChI is InChI=1S/C17H23ClF4N2.ClH/c1-10(17(20,21)22)6-16(13-4-5-14(18)15(19)7-13)24-9-11(2)23-8-12(24)3;/h4-5,7,10-12,16,23H,6,8-9H2,1-3H3;1H/t10?,11-,12+,16?;/m0./s1. The molecule has 2 nitrogen and oxygen atoms in total. The molecule has 0 radical (unpaired) electrons. The molecule has 2 unspecified atom stereocenters. The summed E-state index contributed by atoms with van der Waals surface area (Å²) in [7, 11) is 0. The van der Waals surface area contributed by atoms with Crippen LogP contribution >= 0.6 is 24.0 Å². The van der Waals surface area contributed by atoms with Crippen LogP contribution in [0, 0.1) is 11.7 Å². The molecule has 1 aliphatic rings. The van der Waals surface area contributed by atoms with Gasteiger partial charge in [-0.25, -0.2) is 4.39 Å². The zero-order valence-electron chi connectivity index (χ0n) is 14.4. The number of hydrogen-bond acceptors (Lipinski definition) is 2. The van der Waals surface area contributed by atoms with Crippen molar-refractivity contribution in [3.63, 3.8) is 0 Å². The lowest BCUT2D eigenvalue weighted by Gasteiger charge is -2.43. The van der Waals surface area contributed by atoms with Gasteiger partial charge in [-0.1, -0.05) is 24.6 Å². The van der Waals surface area contributed by atoms with Crippen LogP contribution in [0.3, 0.4) is 0 Å². The van der Waals surface area contributed by atoms with E-state index in [4.69, 9.17) is 11.6 Å². The molecular weight excluding hydrogens is 379 g/mol. The number of rotatable bonds is 4. The summed E-state index contributed by atoms with van der Waals surface area (Å²) >= 11 is 5.72. The van der Waals surface area contributed by atoms with Crippen molar-refractivity contribution >= 4 is 24.0 Å². The normalized spacial score (nSPS) is 24.5. The predicted octanol–water partition coefficient (Wildman–Crippen LogP) is 5.21. The third-order valence-corrected chi connectivity index (χ3v) is 4.98. The van der Waals surface area contributed by atoms with E-state index in [2.05, 4.69) is 5.32 Å². The Kier molecular flexibility index (Phi) is 7.99. The molecule has 25 heavy (non-hydrogen) atoms. The van der Waals surface area contributed by atoms with E-state index in [1.54, 1.807) is 6.07 Å². The largest absolute Gasteiger partial charge is 0.391 e. The van der Waals surface area contributed by atoms with Gasteiger partial charge >= 0.3 is 6.18 Å². The molecule has 1 aliphatic heterocycles. The van der Waals surface area contributed by atoms with Crippen molar-refractivity contribution in [2.75, 3.05) is 13.1 Å². The van der Waals surface area contributed by atoms with Gasteiger partial charge in [0, 0.05) is 31.2 Å². The third-order valence-electron chi connectivity index (χ3n) is 4.68. The van der Waals surface area contributed by atoms with Gasteiger partial charge in [0.2, 0.25) is 0 Å². The Morgan fingerprint density at radius 2 is 1.96 bits per heavy atom. The highest BCUT2D eigenvalue weighted by Gasteiger charge is 2.40. The van der Waals surface area contributed by atoms with Crippen LogP contribution in [0.5, 0.6) is 0 Å². The summed E-state index contributed by atoms with van der Waals surface area (Å²) in [6.45, 7) is 6.44. The van der Waals surface area contributed by atoms with E-state index in [-0.39, 0.29) is 35.9 Å². The molecule has 1 N–H and O–H groups in total. The zero-order chi connectivity index (χ0) is 18.1. The first-order valence-corrected chi connectivity index (χ1v) is 8.48. The Morgan fingerprint density at radius 1 is 1.32 bits per heavy atom. The van der Waals surface area contributed by atoms with E-state index < -0.39 is 24.0 Å². The lowest BCUT2D eigenvalue weighted by Crippen LogP contribution is -2.55. The Balaban J connectivity index is 0.00000312. The molecule has 1 saturated heterocycles. The van der Waals surface area contributed by atoms with Gasteiger partial charge in [-0.2, -0.15) is 13.2 Å². The SMILES string of the molecule is CC(CC(c1ccc(Cl)c(F)c1)N1C[C@H](C)NC[C@H]1C)C(F)(F)F.Cl. The number of alkyl halides is 3. The van der Waals surface area contributed by atoms with E-state index in [1.165, 1.54) is 19.1 Å². The van der Waals surface area contributed by atoms with Crippen LogP contribution in [0.1, 0.15) is 38.8 Å². The molecule has 1 aromatic rings. The van der Waals surface area contributed by atoms with Crippen molar-refractivity contribution in [2.45, 2.75) is 51.5 Å². The van der Waals surface area contributed by atoms with Crippen LogP contribution in [-0.2, 0) is 0 Å². The van der Waals surface area contributed by atoms with Gasteiger partial charge in [0.25, 0.3) is 0 Å². The number of hydrogen-bond donors (Lipinski definition) is 1. The first-order chi connectivity index (χ1) is 11.1. The lowest BCUT2D eigenvalue weighted by atomic mass is 9.92. The highest BCUT2D eigenvalue weighted by molar-refractivity contribution is 6.30. The average Bonchev–Trinajstić information content (AvgIpc) is 2.49. The zero-order valence-corrected chi connectivity index (χ0v) is 16.0. The van der Waals surface area contributed by atoms with Crippen LogP contribution in [0.25, 0.3) is 0 Å². The molecule has 2 rings (SSSR count). The van der Waals surface area contributed by atoms with Crippen molar-refractivity contribution in [1.82, 2.24) is 10.2 Å². The lowest BCUT2D eigenvalue weighted by molar-refractivity contribution is -0.175. The van der Waals surface area contributed by atoms with Gasteiger partial charge in [-0.3, -0.25) is 4.90 Å². The number of halogens is 6. The molecule has 4 atom stereocenters. The molecule has 0 amide bonds. The summed E-state index contributed by atoms with van der Waals surface area (Å²) in [5.74, 6) is -2.08. The maximum Gasteiger partial charge on any atom is 0.391 e. The highest BCUT2D eigenvalue weighted by Crippen LogP contribution is 2.38. The predicted molar refractivity (Wildman–Crippen MR) is 94.9 cm³/mol. The Hall–Kier alpha value is -0.560. The molecule has 1 aromatic carbocycles. The molecule has 1 fully saturated rings. The average molecular weight is 403 g/mol. The first-order valence-electron chi connectivity index (χ1n) is 8.10. The maximum atomic E-state index is 13.9. The molecular formula is C17H24Cl2F4N2. The number of piperazine rings is 1. The first kappa shape index (κ1) is 22.5. The second-order valence-corrected chi connectivity index (χ2v) is 7.13. The second-order valence-electron chi connectivity index (χ2n) is 6.72. The van der Waals surface area contributed by atoms with Crippen LogP contribution in [0.15, 0.2) is 18.2 Å². The topological polar surface area (TPSA) is 15.3 Å². The van der Waals surface area contributed by atoms with Crippen molar-refractivity contribution in [3.8, 4) is 0 Å². The van der Waals surface area contributed by atoms with Gasteiger partial charge in [0.1, 0.15) is 5.82 Å². The molecule has 0 aromatic heterocycles. The molecule has 144 valence electrons. The van der Waals surface area contributed by atoms with Gasteiger partial charge in [-0.05, 0) is 38.0 Å². The van der Waals surface area contributed by atoms with Crippen LogP contribution in [-0.4, -0.2) is 36.2 Å². The quantitative estimate of drug-likeness (QED) is 0.695. The molecule has 0 bridgehead atoms. The maximum absolute atomic E-state index is 13.9. The summed E-state index contributed by atoms with van der Waals surface area (Å²) in [6.07, 6.45) is -4.38. The van der Waals surface area contributed by atoms with Crippen molar-refractivity contribution in [2.24, 2.45) is 5.92 Å². The summed E-state index contributed by atoms with van der Waals surface area (Å²) in [5, 5.41) is 3.29. The van der Waals surface area contributed by atoms with E-state index in [0.717, 1.165) is 0 Å². The number of nitrogens with zero attached hydrogens (tertiary/aromatic N) is 1. The summed E-state index contributed by atoms with van der Waals surface area (Å²) < 4.78 is 53.1. The molecule has 1 heterocycles. The minimum atomic E-state index is -4.27. The minimum absolute atomic E-state index is 0. The second kappa shape index (κ2) is 8.89. The summed E-state index contributed by atoms with van der Waals surface area (Å²) in [5.41, 5.74) is 0.536. The summed E-state index contributed by atoms with van der Waals surface area (Å²) in [4.78, 5) is 2.03. The number of benzene rings is 1. The Morgan fingerprint density at radius 3 is 2.52 bits per heavy atom. The van der Waals surface area contributed by atoms with Crippen molar-refractivity contribution in [3.05, 3.63) is 34.6 Å². The van der Waals surface area contributed by atoms with Crippen LogP contribution in [0.4, 0.5) is 17.6 Å². The minimum Gasteiger partial charge on any atom is -0.311 e. The van der Waals surface area contributed by atoms with Gasteiger partial charge in [0.15, 0.2) is 0 Å². The monoisotopic (exact) mass is 402 g/mol. The fraction of sp³-hybridized carbons (Fsp3) is 0.647.